The van der Waals surface area contributed by atoms with Gasteiger partial charge in [0, 0.05) is 11.8 Å². The molecule has 0 saturated heterocycles. The SMILES string of the molecule is CCOC(=O)c1nc(C=Cc2ccc(C(F)(F)F)cc2)nc(Nc2cc(C)[nH]n2)c1N. The smallest absolute Gasteiger partial charge is 0.416 e. The van der Waals surface area contributed by atoms with Gasteiger partial charge in [-0.05, 0) is 37.6 Å². The summed E-state index contributed by atoms with van der Waals surface area (Å²) in [5, 5.41) is 9.70. The van der Waals surface area contributed by atoms with Crippen LogP contribution in [0.15, 0.2) is 30.3 Å². The van der Waals surface area contributed by atoms with E-state index < -0.39 is 17.7 Å². The van der Waals surface area contributed by atoms with E-state index in [0.717, 1.165) is 17.8 Å². The summed E-state index contributed by atoms with van der Waals surface area (Å²) < 4.78 is 43.1. The summed E-state index contributed by atoms with van der Waals surface area (Å²) >= 11 is 0. The van der Waals surface area contributed by atoms with E-state index >= 15 is 0 Å². The molecule has 0 aliphatic heterocycles. The molecule has 0 unspecified atom stereocenters. The van der Waals surface area contributed by atoms with Gasteiger partial charge in [0.05, 0.1) is 12.2 Å². The van der Waals surface area contributed by atoms with Crippen LogP contribution in [0.5, 0.6) is 0 Å². The molecule has 0 amide bonds. The van der Waals surface area contributed by atoms with Crippen LogP contribution in [0.4, 0.5) is 30.5 Å². The number of carbonyl (C=O) groups excluding carboxylic acids is 1. The van der Waals surface area contributed by atoms with Gasteiger partial charge in [0.25, 0.3) is 0 Å². The van der Waals surface area contributed by atoms with Crippen molar-refractivity contribution in [3.8, 4) is 0 Å². The minimum atomic E-state index is -4.41. The highest BCUT2D eigenvalue weighted by Crippen LogP contribution is 2.29. The quantitative estimate of drug-likeness (QED) is 0.500. The summed E-state index contributed by atoms with van der Waals surface area (Å²) in [5.41, 5.74) is 6.42. The zero-order valence-electron chi connectivity index (χ0n) is 16.6. The molecule has 8 nitrogen and oxygen atoms in total. The average molecular weight is 432 g/mol. The molecule has 162 valence electrons. The normalized spacial score (nSPS) is 11.6. The van der Waals surface area contributed by atoms with Gasteiger partial charge >= 0.3 is 12.1 Å². The monoisotopic (exact) mass is 432 g/mol. The third-order valence-corrected chi connectivity index (χ3v) is 4.05. The van der Waals surface area contributed by atoms with Crippen LogP contribution in [-0.4, -0.2) is 32.7 Å². The van der Waals surface area contributed by atoms with Crippen molar-refractivity contribution >= 4 is 35.4 Å². The second-order valence-corrected chi connectivity index (χ2v) is 6.43. The Hall–Kier alpha value is -3.89. The number of aromatic amines is 1. The summed E-state index contributed by atoms with van der Waals surface area (Å²) in [6.45, 7) is 3.58. The molecule has 0 spiro atoms. The number of esters is 1. The van der Waals surface area contributed by atoms with Gasteiger partial charge in [0.1, 0.15) is 5.69 Å². The maximum Gasteiger partial charge on any atom is 0.416 e. The zero-order chi connectivity index (χ0) is 22.6. The van der Waals surface area contributed by atoms with Crippen molar-refractivity contribution in [2.45, 2.75) is 20.0 Å². The van der Waals surface area contributed by atoms with Gasteiger partial charge in [-0.1, -0.05) is 18.2 Å². The Balaban J connectivity index is 1.94. The van der Waals surface area contributed by atoms with Gasteiger partial charge in [-0.15, -0.1) is 0 Å². The molecule has 2 aromatic heterocycles. The fraction of sp³-hybridized carbons (Fsp3) is 0.200. The van der Waals surface area contributed by atoms with Gasteiger partial charge in [0.2, 0.25) is 0 Å². The lowest BCUT2D eigenvalue weighted by molar-refractivity contribution is -0.137. The Morgan fingerprint density at radius 1 is 1.23 bits per heavy atom. The first-order chi connectivity index (χ1) is 14.7. The van der Waals surface area contributed by atoms with Crippen LogP contribution in [0.3, 0.4) is 0 Å². The molecule has 0 aliphatic carbocycles. The number of nitrogens with one attached hydrogen (secondary N) is 2. The lowest BCUT2D eigenvalue weighted by Gasteiger charge is -2.11. The Bertz CT molecular complexity index is 1110. The van der Waals surface area contributed by atoms with E-state index in [1.165, 1.54) is 24.3 Å². The number of nitrogen functional groups attached to an aromatic ring is 1. The number of hydrogen-bond acceptors (Lipinski definition) is 7. The summed E-state index contributed by atoms with van der Waals surface area (Å²) in [6.07, 6.45) is -1.45. The lowest BCUT2D eigenvalue weighted by Crippen LogP contribution is -2.14. The first-order valence-electron chi connectivity index (χ1n) is 9.16. The molecule has 0 atom stereocenters. The fourth-order valence-corrected chi connectivity index (χ4v) is 2.57. The number of nitrogens with two attached hydrogens (primary N) is 1. The number of anilines is 3. The zero-order valence-corrected chi connectivity index (χ0v) is 16.6. The van der Waals surface area contributed by atoms with Gasteiger partial charge < -0.3 is 15.8 Å². The Kier molecular flexibility index (Phi) is 6.23. The molecule has 0 saturated carbocycles. The fourth-order valence-electron chi connectivity index (χ4n) is 2.57. The van der Waals surface area contributed by atoms with Crippen LogP contribution in [0.25, 0.3) is 12.2 Å². The molecule has 0 bridgehead atoms. The van der Waals surface area contributed by atoms with Crippen LogP contribution in [0, 0.1) is 6.92 Å². The maximum atomic E-state index is 12.7. The Labute approximate surface area is 175 Å². The minimum absolute atomic E-state index is 0.0224. The topological polar surface area (TPSA) is 119 Å². The van der Waals surface area contributed by atoms with Crippen molar-refractivity contribution in [2.75, 3.05) is 17.7 Å². The van der Waals surface area contributed by atoms with Crippen LogP contribution >= 0.6 is 0 Å². The van der Waals surface area contributed by atoms with E-state index in [1.54, 1.807) is 13.0 Å². The number of benzene rings is 1. The van der Waals surface area contributed by atoms with Gasteiger partial charge in [-0.2, -0.15) is 18.3 Å². The molecule has 4 N–H and O–H groups in total. The first-order valence-corrected chi connectivity index (χ1v) is 9.16. The highest BCUT2D eigenvalue weighted by molar-refractivity contribution is 5.96. The third kappa shape index (κ3) is 5.38. The highest BCUT2D eigenvalue weighted by atomic mass is 19.4. The van der Waals surface area contributed by atoms with Crippen LogP contribution in [-0.2, 0) is 10.9 Å². The molecule has 31 heavy (non-hydrogen) atoms. The molecule has 2 heterocycles. The molecule has 0 aliphatic rings. The predicted molar refractivity (Wildman–Crippen MR) is 109 cm³/mol. The van der Waals surface area contributed by atoms with Crippen molar-refractivity contribution in [3.63, 3.8) is 0 Å². The van der Waals surface area contributed by atoms with Crippen molar-refractivity contribution in [2.24, 2.45) is 0 Å². The van der Waals surface area contributed by atoms with Crippen LogP contribution in [0.1, 0.15) is 40.1 Å². The summed E-state index contributed by atoms with van der Waals surface area (Å²) in [5.74, 6) is -0.0632. The second-order valence-electron chi connectivity index (χ2n) is 6.43. The molecule has 3 aromatic rings. The van der Waals surface area contributed by atoms with Gasteiger partial charge in [-0.25, -0.2) is 14.8 Å². The van der Waals surface area contributed by atoms with E-state index in [1.807, 2.05) is 6.92 Å². The number of halogens is 3. The largest absolute Gasteiger partial charge is 0.461 e. The number of H-pyrrole nitrogens is 1. The lowest BCUT2D eigenvalue weighted by atomic mass is 10.1. The van der Waals surface area contributed by atoms with E-state index in [-0.39, 0.29) is 29.6 Å². The number of alkyl halides is 3. The van der Waals surface area contributed by atoms with Crippen molar-refractivity contribution in [1.29, 1.82) is 0 Å². The molecular weight excluding hydrogens is 413 g/mol. The maximum absolute atomic E-state index is 12.7. The van der Waals surface area contributed by atoms with Gasteiger partial charge in [0.15, 0.2) is 23.2 Å². The molecule has 11 heteroatoms. The van der Waals surface area contributed by atoms with Crippen LogP contribution in [0.2, 0.25) is 0 Å². The Morgan fingerprint density at radius 2 is 1.94 bits per heavy atom. The summed E-state index contributed by atoms with van der Waals surface area (Å²) in [4.78, 5) is 20.7. The van der Waals surface area contributed by atoms with E-state index in [0.29, 0.717) is 11.4 Å². The van der Waals surface area contributed by atoms with E-state index in [2.05, 4.69) is 25.5 Å². The summed E-state index contributed by atoms with van der Waals surface area (Å²) in [6, 6.07) is 6.29. The van der Waals surface area contributed by atoms with Crippen molar-refractivity contribution < 1.29 is 22.7 Å². The average Bonchev–Trinajstić information content (AvgIpc) is 3.13. The van der Waals surface area contributed by atoms with Crippen molar-refractivity contribution in [3.05, 3.63) is 58.7 Å². The highest BCUT2D eigenvalue weighted by Gasteiger charge is 2.29. The molecule has 0 radical (unpaired) electrons. The van der Waals surface area contributed by atoms with E-state index in [4.69, 9.17) is 10.5 Å². The standard InChI is InChI=1S/C20H19F3N6O2/c1-3-31-19(30)17-16(24)18(27-15-10-11(2)28-29-15)26-14(25-17)9-6-12-4-7-13(8-5-12)20(21,22)23/h4-10H,3,24H2,1-2H3,(H2,25,26,27,28,29). The number of nitrogens with zero attached hydrogens (tertiary/aromatic N) is 3. The predicted octanol–water partition coefficient (Wildman–Crippen LogP) is 4.20. The van der Waals surface area contributed by atoms with E-state index in [9.17, 15) is 18.0 Å². The number of rotatable bonds is 6. The third-order valence-electron chi connectivity index (χ3n) is 4.05. The number of aryl methyl sites for hydroxylation is 1. The summed E-state index contributed by atoms with van der Waals surface area (Å²) in [7, 11) is 0. The minimum Gasteiger partial charge on any atom is -0.461 e. The molecule has 3 rings (SSSR count). The molecule has 1 aromatic carbocycles. The second kappa shape index (κ2) is 8.86. The Morgan fingerprint density at radius 3 is 2.52 bits per heavy atom. The van der Waals surface area contributed by atoms with Crippen molar-refractivity contribution in [1.82, 2.24) is 20.2 Å². The molecular formula is C20H19F3N6O2. The first kappa shape index (κ1) is 21.8. The number of aromatic nitrogens is 4. The number of hydrogen-bond donors (Lipinski definition) is 3. The number of carbonyl (C=O) groups is 1. The van der Waals surface area contributed by atoms with Crippen LogP contribution < -0.4 is 11.1 Å². The van der Waals surface area contributed by atoms with Gasteiger partial charge in [-0.3, -0.25) is 5.10 Å². The molecule has 0 fully saturated rings. The number of ether oxygens (including phenoxy) is 1.